The number of alkyl halides is 3. The number of H-pyrrole nitrogens is 1. The smallest absolute Gasteiger partial charge is 0.389 e. The summed E-state index contributed by atoms with van der Waals surface area (Å²) in [7, 11) is 0. The molecule has 2 aliphatic rings. The zero-order chi connectivity index (χ0) is 26.0. The van der Waals surface area contributed by atoms with Gasteiger partial charge in [-0.3, -0.25) is 9.59 Å². The van der Waals surface area contributed by atoms with Gasteiger partial charge in [-0.15, -0.1) is 0 Å². The number of carbonyl (C=O) groups is 1. The highest BCUT2D eigenvalue weighted by molar-refractivity contribution is 5.83. The second-order valence-corrected chi connectivity index (χ2v) is 9.06. The van der Waals surface area contributed by atoms with E-state index in [1.165, 1.54) is 6.20 Å². The number of β-amino-alcohol motifs (C(OH)–C–C–N with tert-alkyl or cyclic N) is 1. The molecule has 196 valence electrons. The maximum atomic E-state index is 13.0. The van der Waals surface area contributed by atoms with Crippen LogP contribution in [0.1, 0.15) is 30.9 Å². The van der Waals surface area contributed by atoms with Gasteiger partial charge < -0.3 is 25.0 Å². The second-order valence-electron chi connectivity index (χ2n) is 9.06. The van der Waals surface area contributed by atoms with Crippen LogP contribution >= 0.6 is 0 Å². The van der Waals surface area contributed by atoms with Crippen molar-refractivity contribution in [2.75, 3.05) is 36.5 Å². The molecule has 3 N–H and O–H groups in total. The molecule has 0 radical (unpaired) electrons. The Kier molecular flexibility index (Phi) is 7.45. The highest BCUT2D eigenvalue weighted by Gasteiger charge is 2.42. The lowest BCUT2D eigenvalue weighted by molar-refractivity contribution is -0.141. The molecule has 2 aromatic rings. The Morgan fingerprint density at radius 1 is 1.22 bits per heavy atom. The van der Waals surface area contributed by atoms with Crippen molar-refractivity contribution in [2.24, 2.45) is 0 Å². The number of hydrogen-bond acceptors (Lipinski definition) is 9. The topological polar surface area (TPSA) is 137 Å². The zero-order valence-electron chi connectivity index (χ0n) is 19.8. The Hall–Kier alpha value is -3.26. The fraction of sp³-hybridized carbons (Fsp3) is 0.591. The first-order valence-corrected chi connectivity index (χ1v) is 11.6. The van der Waals surface area contributed by atoms with Crippen LogP contribution in [0.3, 0.4) is 0 Å². The van der Waals surface area contributed by atoms with Gasteiger partial charge in [-0.2, -0.15) is 18.3 Å². The number of aromatic nitrogens is 4. The quantitative estimate of drug-likeness (QED) is 0.496. The fourth-order valence-corrected chi connectivity index (χ4v) is 4.43. The van der Waals surface area contributed by atoms with Gasteiger partial charge in [-0.1, -0.05) is 0 Å². The number of aliphatic hydroxyl groups is 1. The number of aliphatic hydroxyl groups excluding tert-OH is 1. The average molecular weight is 512 g/mol. The van der Waals surface area contributed by atoms with E-state index >= 15 is 0 Å². The number of likely N-dealkylation sites (tertiary alicyclic amines) is 1. The van der Waals surface area contributed by atoms with Gasteiger partial charge in [-0.05, 0) is 20.3 Å². The number of anilines is 2. The summed E-state index contributed by atoms with van der Waals surface area (Å²) in [6.07, 6.45) is -2.24. The summed E-state index contributed by atoms with van der Waals surface area (Å²) in [6, 6.07) is -0.621. The van der Waals surface area contributed by atoms with Gasteiger partial charge in [0.15, 0.2) is 0 Å². The third-order valence-electron chi connectivity index (χ3n) is 6.44. The third kappa shape index (κ3) is 5.59. The van der Waals surface area contributed by atoms with Crippen molar-refractivity contribution >= 4 is 17.5 Å². The van der Waals surface area contributed by atoms with Gasteiger partial charge in [0.2, 0.25) is 5.95 Å². The summed E-state index contributed by atoms with van der Waals surface area (Å²) in [4.78, 5) is 35.5. The summed E-state index contributed by atoms with van der Waals surface area (Å²) in [6.45, 7) is 4.67. The van der Waals surface area contributed by atoms with Gasteiger partial charge in [-0.25, -0.2) is 15.1 Å². The number of nitrogens with one attached hydrogen (secondary N) is 2. The summed E-state index contributed by atoms with van der Waals surface area (Å²) in [5.74, 6) is -0.110. The number of amides is 1. The molecule has 2 aliphatic heterocycles. The van der Waals surface area contributed by atoms with E-state index in [9.17, 15) is 27.9 Å². The van der Waals surface area contributed by atoms with Crippen LogP contribution in [0, 0.1) is 6.92 Å². The summed E-state index contributed by atoms with van der Waals surface area (Å²) >= 11 is 0. The molecule has 4 rings (SSSR count). The summed E-state index contributed by atoms with van der Waals surface area (Å²) in [5, 5.41) is 20.0. The maximum absolute atomic E-state index is 13.0. The van der Waals surface area contributed by atoms with E-state index in [2.05, 4.69) is 25.5 Å². The lowest BCUT2D eigenvalue weighted by Gasteiger charge is -2.40. The molecule has 11 nitrogen and oxygen atoms in total. The molecule has 2 saturated heterocycles. The minimum absolute atomic E-state index is 0.0931. The first-order valence-electron chi connectivity index (χ1n) is 11.6. The Labute approximate surface area is 204 Å². The first-order chi connectivity index (χ1) is 17.0. The Bertz CT molecular complexity index is 1130. The Morgan fingerprint density at radius 3 is 2.61 bits per heavy atom. The van der Waals surface area contributed by atoms with Crippen molar-refractivity contribution in [1.29, 1.82) is 0 Å². The highest BCUT2D eigenvalue weighted by Crippen LogP contribution is 2.29. The van der Waals surface area contributed by atoms with Crippen molar-refractivity contribution in [3.05, 3.63) is 40.1 Å². The van der Waals surface area contributed by atoms with E-state index in [0.29, 0.717) is 37.2 Å². The van der Waals surface area contributed by atoms with E-state index in [1.54, 1.807) is 16.7 Å². The maximum Gasteiger partial charge on any atom is 0.419 e. The molecule has 0 aromatic carbocycles. The van der Waals surface area contributed by atoms with Crippen LogP contribution in [0.4, 0.5) is 24.8 Å². The number of piperidine rings is 1. The van der Waals surface area contributed by atoms with Crippen LogP contribution in [0.25, 0.3) is 0 Å². The van der Waals surface area contributed by atoms with Crippen LogP contribution in [0.15, 0.2) is 23.4 Å². The SMILES string of the molecule is Cc1c(N[C@@H](C)CO[C@@H]2CCN([C@H]3CCN(c4ncc(C(F)(F)F)cn4)C[C@H]3O)C2=O)cn[nH]c1=O. The molecular formula is C22H28F3N7O4. The standard InChI is InChI=1S/C22H28F3N7O4/c1-12(29-15-9-28-30-19(34)13(15)2)11-36-18-4-6-32(20(18)35)16-3-5-31(10-17(16)33)21-26-7-14(8-27-21)22(23,24)25/h7-9,12,16-18,33H,3-6,10-11H2,1-2H3,(H2,29,30,34)/t12-,16-,17+,18+/m0/s1. The number of aromatic amines is 1. The molecule has 36 heavy (non-hydrogen) atoms. The van der Waals surface area contributed by atoms with Gasteiger partial charge in [0, 0.05) is 50.1 Å². The van der Waals surface area contributed by atoms with Crippen molar-refractivity contribution in [3.63, 3.8) is 0 Å². The number of ether oxygens (including phenoxy) is 1. The average Bonchev–Trinajstić information content (AvgIpc) is 3.20. The van der Waals surface area contributed by atoms with Crippen LogP contribution in [-0.4, -0.2) is 86.6 Å². The van der Waals surface area contributed by atoms with Crippen molar-refractivity contribution in [1.82, 2.24) is 25.1 Å². The molecule has 0 aliphatic carbocycles. The molecule has 2 aromatic heterocycles. The van der Waals surface area contributed by atoms with Crippen molar-refractivity contribution in [2.45, 2.75) is 57.2 Å². The van der Waals surface area contributed by atoms with Gasteiger partial charge in [0.05, 0.1) is 36.2 Å². The van der Waals surface area contributed by atoms with Crippen molar-refractivity contribution < 1.29 is 27.8 Å². The normalized spacial score (nSPS) is 23.7. The van der Waals surface area contributed by atoms with E-state index in [1.807, 2.05) is 6.92 Å². The minimum Gasteiger partial charge on any atom is -0.389 e. The Balaban J connectivity index is 1.28. The lowest BCUT2D eigenvalue weighted by atomic mass is 10.0. The number of hydrogen-bond donors (Lipinski definition) is 3. The van der Waals surface area contributed by atoms with Gasteiger partial charge in [0.1, 0.15) is 6.10 Å². The van der Waals surface area contributed by atoms with Gasteiger partial charge in [0.25, 0.3) is 11.5 Å². The number of carbonyl (C=O) groups excluding carboxylic acids is 1. The summed E-state index contributed by atoms with van der Waals surface area (Å²) < 4.78 is 44.1. The number of halogens is 3. The molecule has 0 saturated carbocycles. The molecule has 14 heteroatoms. The Morgan fingerprint density at radius 2 is 1.94 bits per heavy atom. The molecule has 0 spiro atoms. The lowest BCUT2D eigenvalue weighted by Crippen LogP contribution is -2.55. The van der Waals surface area contributed by atoms with Crippen LogP contribution in [0.5, 0.6) is 0 Å². The van der Waals surface area contributed by atoms with Crippen molar-refractivity contribution in [3.8, 4) is 0 Å². The first kappa shape index (κ1) is 25.8. The van der Waals surface area contributed by atoms with E-state index in [-0.39, 0.29) is 36.6 Å². The highest BCUT2D eigenvalue weighted by atomic mass is 19.4. The monoisotopic (exact) mass is 511 g/mol. The molecular weight excluding hydrogens is 483 g/mol. The van der Waals surface area contributed by atoms with Crippen LogP contribution < -0.4 is 15.8 Å². The predicted octanol–water partition coefficient (Wildman–Crippen LogP) is 0.945. The molecule has 4 heterocycles. The number of rotatable bonds is 7. The second kappa shape index (κ2) is 10.4. The molecule has 1 amide bonds. The summed E-state index contributed by atoms with van der Waals surface area (Å²) in [5.41, 5.74) is -0.142. The fourth-order valence-electron chi connectivity index (χ4n) is 4.43. The van der Waals surface area contributed by atoms with E-state index in [0.717, 1.165) is 12.4 Å². The molecule has 2 fully saturated rings. The van der Waals surface area contributed by atoms with Crippen LogP contribution in [0.2, 0.25) is 0 Å². The van der Waals surface area contributed by atoms with Crippen LogP contribution in [-0.2, 0) is 15.7 Å². The zero-order valence-corrected chi connectivity index (χ0v) is 19.8. The molecule has 0 bridgehead atoms. The predicted molar refractivity (Wildman–Crippen MR) is 122 cm³/mol. The van der Waals surface area contributed by atoms with E-state index in [4.69, 9.17) is 4.74 Å². The minimum atomic E-state index is -4.52. The molecule has 0 unspecified atom stereocenters. The largest absolute Gasteiger partial charge is 0.419 e. The van der Waals surface area contributed by atoms with Gasteiger partial charge >= 0.3 is 6.18 Å². The third-order valence-corrected chi connectivity index (χ3v) is 6.44. The molecule has 4 atom stereocenters. The number of nitrogens with zero attached hydrogens (tertiary/aromatic N) is 5. The van der Waals surface area contributed by atoms with E-state index < -0.39 is 30.0 Å².